The molecule has 2 unspecified atom stereocenters. The van der Waals surface area contributed by atoms with Crippen LogP contribution in [0.5, 0.6) is 0 Å². The quantitative estimate of drug-likeness (QED) is 0.784. The minimum Gasteiger partial charge on any atom is -0.302 e. The first-order valence-corrected chi connectivity index (χ1v) is 8.52. The zero-order valence-electron chi connectivity index (χ0n) is 15.1. The zero-order valence-corrected chi connectivity index (χ0v) is 15.1. The Morgan fingerprint density at radius 3 is 2.58 bits per heavy atom. The summed E-state index contributed by atoms with van der Waals surface area (Å²) in [5.41, 5.74) is 2.71. The highest BCUT2D eigenvalue weighted by Gasteiger charge is 2.54. The molecule has 1 saturated heterocycles. The first-order valence-electron chi connectivity index (χ1n) is 8.52. The van der Waals surface area contributed by atoms with E-state index in [1.807, 2.05) is 53.3 Å². The summed E-state index contributed by atoms with van der Waals surface area (Å²) in [5, 5.41) is 0. The van der Waals surface area contributed by atoms with E-state index in [2.05, 4.69) is 6.58 Å². The molecule has 1 aromatic rings. The molecule has 0 radical (unpaired) electrons. The van der Waals surface area contributed by atoms with Crippen LogP contribution in [0.2, 0.25) is 0 Å². The fraction of sp³-hybridized carbons (Fsp3) is 0.316. The van der Waals surface area contributed by atoms with Crippen LogP contribution in [0.3, 0.4) is 0 Å². The Morgan fingerprint density at radius 2 is 1.92 bits per heavy atom. The number of carbonyl (C=O) groups excluding carboxylic acids is 2. The Bertz CT molecular complexity index is 860. The fourth-order valence-electron chi connectivity index (χ4n) is 3.67. The standard InChI is InChI=1S/C19H21N5O2/c1-12(2)10-23-17(25)15-16(21(4)19(23)26)20-18-22(15)11-13(3)24(18)14-8-6-5-7-9-14/h5-9,11,15-16H,1,10H2,2-4H3. The van der Waals surface area contributed by atoms with Crippen LogP contribution in [0.4, 0.5) is 10.5 Å². The summed E-state index contributed by atoms with van der Waals surface area (Å²) in [6.07, 6.45) is 1.40. The van der Waals surface area contributed by atoms with Crippen LogP contribution in [0, 0.1) is 0 Å². The number of carbonyl (C=O) groups is 2. The van der Waals surface area contributed by atoms with Crippen molar-refractivity contribution in [2.24, 2.45) is 4.99 Å². The molecule has 0 aromatic heterocycles. The molecule has 7 heteroatoms. The highest BCUT2D eigenvalue weighted by atomic mass is 16.2. The van der Waals surface area contributed by atoms with Crippen molar-refractivity contribution >= 4 is 23.6 Å². The number of aliphatic imine (C=N–C) groups is 1. The van der Waals surface area contributed by atoms with E-state index in [1.165, 1.54) is 9.80 Å². The maximum absolute atomic E-state index is 13.1. The van der Waals surface area contributed by atoms with E-state index in [0.717, 1.165) is 17.0 Å². The lowest BCUT2D eigenvalue weighted by Gasteiger charge is -2.40. The van der Waals surface area contributed by atoms with Gasteiger partial charge in [-0.2, -0.15) is 0 Å². The summed E-state index contributed by atoms with van der Waals surface area (Å²) >= 11 is 0. The molecule has 0 aliphatic carbocycles. The third-order valence-corrected chi connectivity index (χ3v) is 4.83. The minimum absolute atomic E-state index is 0.222. The van der Waals surface area contributed by atoms with E-state index in [9.17, 15) is 9.59 Å². The Balaban J connectivity index is 1.72. The summed E-state index contributed by atoms with van der Waals surface area (Å²) < 4.78 is 0. The summed E-state index contributed by atoms with van der Waals surface area (Å²) in [5.74, 6) is 0.438. The predicted octanol–water partition coefficient (Wildman–Crippen LogP) is 2.20. The second-order valence-electron chi connectivity index (χ2n) is 6.91. The van der Waals surface area contributed by atoms with E-state index in [4.69, 9.17) is 4.99 Å². The summed E-state index contributed by atoms with van der Waals surface area (Å²) in [7, 11) is 1.69. The van der Waals surface area contributed by atoms with E-state index >= 15 is 0 Å². The van der Waals surface area contributed by atoms with Crippen LogP contribution in [-0.2, 0) is 4.79 Å². The lowest BCUT2D eigenvalue weighted by atomic mass is 10.1. The number of nitrogens with zero attached hydrogens (tertiary/aromatic N) is 5. The molecule has 0 saturated carbocycles. The first-order chi connectivity index (χ1) is 12.4. The molecular formula is C19H21N5O2. The molecule has 3 heterocycles. The Hall–Kier alpha value is -3.09. The van der Waals surface area contributed by atoms with Gasteiger partial charge in [0.25, 0.3) is 5.91 Å². The van der Waals surface area contributed by atoms with Gasteiger partial charge in [-0.1, -0.05) is 30.4 Å². The van der Waals surface area contributed by atoms with Crippen molar-refractivity contribution in [1.29, 1.82) is 0 Å². The van der Waals surface area contributed by atoms with Gasteiger partial charge in [-0.25, -0.2) is 9.79 Å². The fourth-order valence-corrected chi connectivity index (χ4v) is 3.67. The molecule has 3 aliphatic rings. The van der Waals surface area contributed by atoms with Gasteiger partial charge in [0, 0.05) is 24.6 Å². The summed E-state index contributed by atoms with van der Waals surface area (Å²) in [6, 6.07) is 8.99. The van der Waals surface area contributed by atoms with E-state index in [1.54, 1.807) is 14.0 Å². The molecule has 7 nitrogen and oxygen atoms in total. The third kappa shape index (κ3) is 2.23. The van der Waals surface area contributed by atoms with E-state index < -0.39 is 12.2 Å². The number of hydrogen-bond donors (Lipinski definition) is 0. The molecule has 0 spiro atoms. The monoisotopic (exact) mass is 351 g/mol. The van der Waals surface area contributed by atoms with E-state index in [-0.39, 0.29) is 18.5 Å². The first kappa shape index (κ1) is 16.4. The van der Waals surface area contributed by atoms with Gasteiger partial charge < -0.3 is 9.80 Å². The number of anilines is 1. The number of imide groups is 1. The van der Waals surface area contributed by atoms with Gasteiger partial charge in [0.15, 0.2) is 12.2 Å². The van der Waals surface area contributed by atoms with Crippen LogP contribution in [0.1, 0.15) is 13.8 Å². The molecule has 2 atom stereocenters. The van der Waals surface area contributed by atoms with Crippen LogP contribution in [0.15, 0.2) is 59.4 Å². The molecule has 3 amide bonds. The molecule has 0 N–H and O–H groups in total. The molecule has 26 heavy (non-hydrogen) atoms. The second-order valence-corrected chi connectivity index (χ2v) is 6.91. The van der Waals surface area contributed by atoms with Gasteiger partial charge in [0.2, 0.25) is 5.96 Å². The van der Waals surface area contributed by atoms with Gasteiger partial charge in [-0.15, -0.1) is 0 Å². The Labute approximate surface area is 152 Å². The number of urea groups is 1. The lowest BCUT2D eigenvalue weighted by molar-refractivity contribution is -0.136. The van der Waals surface area contributed by atoms with Crippen molar-refractivity contribution < 1.29 is 9.59 Å². The molecule has 0 bridgehead atoms. The maximum Gasteiger partial charge on any atom is 0.328 e. The van der Waals surface area contributed by atoms with Crippen molar-refractivity contribution in [2.45, 2.75) is 26.1 Å². The van der Waals surface area contributed by atoms with Crippen molar-refractivity contribution in [1.82, 2.24) is 14.7 Å². The second kappa shape index (κ2) is 5.72. The van der Waals surface area contributed by atoms with Gasteiger partial charge in [-0.05, 0) is 26.0 Å². The Morgan fingerprint density at radius 1 is 1.23 bits per heavy atom. The average Bonchev–Trinajstić information content (AvgIpc) is 3.12. The number of fused-ring (bicyclic) bond motifs is 3. The number of likely N-dealkylation sites (N-methyl/N-ethyl adjacent to an activating group) is 1. The SMILES string of the molecule is C=C(C)CN1C(=O)C2C(N=C3N(c4ccccc4)C(C)=CN32)N(C)C1=O. The topological polar surface area (TPSA) is 59.5 Å². The normalized spacial score (nSPS) is 24.6. The number of allylic oxidation sites excluding steroid dienone is 1. The smallest absolute Gasteiger partial charge is 0.302 e. The largest absolute Gasteiger partial charge is 0.328 e. The molecule has 1 aromatic carbocycles. The van der Waals surface area contributed by atoms with Crippen LogP contribution < -0.4 is 4.90 Å². The van der Waals surface area contributed by atoms with Crippen LogP contribution >= 0.6 is 0 Å². The van der Waals surface area contributed by atoms with Gasteiger partial charge in [-0.3, -0.25) is 14.6 Å². The highest BCUT2D eigenvalue weighted by molar-refractivity contribution is 6.09. The summed E-state index contributed by atoms with van der Waals surface area (Å²) in [4.78, 5) is 37.1. The number of para-hydroxylation sites is 1. The number of benzene rings is 1. The van der Waals surface area contributed by atoms with Crippen LogP contribution in [-0.4, -0.2) is 58.4 Å². The zero-order chi connectivity index (χ0) is 18.6. The highest BCUT2D eigenvalue weighted by Crippen LogP contribution is 2.36. The van der Waals surface area contributed by atoms with Crippen molar-refractivity contribution in [3.63, 3.8) is 0 Å². The van der Waals surface area contributed by atoms with Gasteiger partial charge in [0.1, 0.15) is 0 Å². The minimum atomic E-state index is -0.546. The number of guanidine groups is 1. The van der Waals surface area contributed by atoms with Crippen molar-refractivity contribution in [2.75, 3.05) is 18.5 Å². The molecule has 134 valence electrons. The molecule has 4 rings (SSSR count). The van der Waals surface area contributed by atoms with Crippen molar-refractivity contribution in [3.05, 3.63) is 54.4 Å². The third-order valence-electron chi connectivity index (χ3n) is 4.83. The van der Waals surface area contributed by atoms with Crippen LogP contribution in [0.25, 0.3) is 0 Å². The number of hydrogen-bond acceptors (Lipinski definition) is 5. The average molecular weight is 351 g/mol. The number of rotatable bonds is 3. The van der Waals surface area contributed by atoms with Gasteiger partial charge >= 0.3 is 6.03 Å². The van der Waals surface area contributed by atoms with Gasteiger partial charge in [0.05, 0.1) is 6.54 Å². The summed E-state index contributed by atoms with van der Waals surface area (Å²) in [6.45, 7) is 7.84. The maximum atomic E-state index is 13.1. The predicted molar refractivity (Wildman–Crippen MR) is 99.2 cm³/mol. The Kier molecular flexibility index (Phi) is 3.61. The van der Waals surface area contributed by atoms with E-state index in [0.29, 0.717) is 5.96 Å². The lowest BCUT2D eigenvalue weighted by Crippen LogP contribution is -2.64. The molecule has 1 fully saturated rings. The number of amides is 3. The molecular weight excluding hydrogens is 330 g/mol. The van der Waals surface area contributed by atoms with Crippen molar-refractivity contribution in [3.8, 4) is 0 Å². The molecule has 3 aliphatic heterocycles.